The summed E-state index contributed by atoms with van der Waals surface area (Å²) in [6.45, 7) is 13.5. The molecule has 240 valence electrons. The molecule has 0 N–H and O–H groups in total. The van der Waals surface area contributed by atoms with E-state index >= 15 is 0 Å². The van der Waals surface area contributed by atoms with Crippen molar-refractivity contribution in [3.8, 4) is 11.4 Å². The molecule has 4 aliphatic rings. The van der Waals surface area contributed by atoms with E-state index in [-0.39, 0.29) is 12.1 Å². The molecule has 0 unspecified atom stereocenters. The molecule has 3 aliphatic heterocycles. The fourth-order valence-corrected chi connectivity index (χ4v) is 6.62. The summed E-state index contributed by atoms with van der Waals surface area (Å²) in [5.41, 5.74) is 2.29. The predicted octanol–water partition coefficient (Wildman–Crippen LogP) is 4.37. The van der Waals surface area contributed by atoms with E-state index in [9.17, 15) is 4.79 Å². The Balaban J connectivity index is 1.06. The lowest BCUT2D eigenvalue weighted by molar-refractivity contribution is -0.0851. The largest absolute Gasteiger partial charge is 0.444 e. The van der Waals surface area contributed by atoms with Gasteiger partial charge in [-0.3, -0.25) is 9.97 Å². The molecule has 3 saturated heterocycles. The van der Waals surface area contributed by atoms with Gasteiger partial charge in [-0.1, -0.05) is 12.1 Å². The molecule has 1 aliphatic carbocycles. The smallest absolute Gasteiger partial charge is 0.410 e. The second-order valence-electron chi connectivity index (χ2n) is 14.4. The third-order valence-corrected chi connectivity index (χ3v) is 9.45. The summed E-state index contributed by atoms with van der Waals surface area (Å²) in [6.07, 6.45) is 12.8. The van der Waals surface area contributed by atoms with Crippen molar-refractivity contribution in [2.75, 3.05) is 55.7 Å². The highest BCUT2D eigenvalue weighted by Crippen LogP contribution is 2.36. The van der Waals surface area contributed by atoms with E-state index in [0.29, 0.717) is 36.4 Å². The molecule has 12 heteroatoms. The maximum absolute atomic E-state index is 13.2. The van der Waals surface area contributed by atoms with Gasteiger partial charge < -0.3 is 24.2 Å². The lowest BCUT2D eigenvalue weighted by atomic mass is 9.92. The fourth-order valence-electron chi connectivity index (χ4n) is 6.62. The van der Waals surface area contributed by atoms with Gasteiger partial charge in [-0.05, 0) is 76.8 Å². The number of aromatic nitrogens is 6. The summed E-state index contributed by atoms with van der Waals surface area (Å²) in [5, 5.41) is 9.00. The first-order valence-corrected chi connectivity index (χ1v) is 16.5. The third-order valence-electron chi connectivity index (χ3n) is 9.45. The van der Waals surface area contributed by atoms with Gasteiger partial charge in [0.25, 0.3) is 0 Å². The maximum Gasteiger partial charge on any atom is 0.410 e. The molecule has 4 fully saturated rings. The van der Waals surface area contributed by atoms with Crippen molar-refractivity contribution in [3.05, 3.63) is 42.6 Å². The normalized spacial score (nSPS) is 23.1. The number of piperidine rings is 1. The molecule has 1 amide bonds. The Morgan fingerprint density at radius 3 is 2.56 bits per heavy atom. The average Bonchev–Trinajstić information content (AvgIpc) is 3.50. The standard InChI is InChI=1S/C33H45N9O3/c1-23-11-13-40(17-23)30-16-34-15-27(36-30)28-20-42(38-37-28)33(21-44-22-33)29-10-9-25(14-35-29)39-12-5-6-26(19-39)41(18-24-7-8-24)31(43)45-32(2,3)4/h9-10,14-16,20,23-24,26H,5-8,11-13,17-19,21-22H2,1-4H3/t23-,26-/m1/s1. The zero-order valence-electron chi connectivity index (χ0n) is 26.9. The molecule has 45 heavy (non-hydrogen) atoms. The van der Waals surface area contributed by atoms with E-state index < -0.39 is 11.1 Å². The molecule has 3 aromatic heterocycles. The molecule has 0 bridgehead atoms. The highest BCUT2D eigenvalue weighted by atomic mass is 16.6. The number of rotatable bonds is 8. The van der Waals surface area contributed by atoms with Gasteiger partial charge in [-0.15, -0.1) is 5.10 Å². The number of nitrogens with zero attached hydrogens (tertiary/aromatic N) is 9. The minimum Gasteiger partial charge on any atom is -0.444 e. The number of hydrogen-bond acceptors (Lipinski definition) is 10. The second-order valence-corrected chi connectivity index (χ2v) is 14.4. The van der Waals surface area contributed by atoms with Gasteiger partial charge in [-0.2, -0.15) is 0 Å². The molecular formula is C33H45N9O3. The summed E-state index contributed by atoms with van der Waals surface area (Å²) in [7, 11) is 0. The molecule has 0 radical (unpaired) electrons. The fraction of sp³-hybridized carbons (Fsp3) is 0.636. The van der Waals surface area contributed by atoms with Crippen LogP contribution >= 0.6 is 0 Å². The number of pyridine rings is 1. The van der Waals surface area contributed by atoms with Gasteiger partial charge in [0.05, 0.1) is 55.4 Å². The summed E-state index contributed by atoms with van der Waals surface area (Å²) >= 11 is 0. The first-order chi connectivity index (χ1) is 21.7. The molecule has 6 heterocycles. The zero-order chi connectivity index (χ0) is 31.2. The number of hydrogen-bond donors (Lipinski definition) is 0. The van der Waals surface area contributed by atoms with Crippen LogP contribution in [0.3, 0.4) is 0 Å². The second kappa shape index (κ2) is 11.9. The molecule has 7 rings (SSSR count). The molecule has 0 aromatic carbocycles. The van der Waals surface area contributed by atoms with Crippen LogP contribution in [0.5, 0.6) is 0 Å². The van der Waals surface area contributed by atoms with Crippen LogP contribution in [0.15, 0.2) is 36.9 Å². The van der Waals surface area contributed by atoms with Crippen LogP contribution in [0.4, 0.5) is 16.3 Å². The van der Waals surface area contributed by atoms with Gasteiger partial charge in [0, 0.05) is 32.7 Å². The average molecular weight is 616 g/mol. The predicted molar refractivity (Wildman–Crippen MR) is 170 cm³/mol. The topological polar surface area (TPSA) is 115 Å². The lowest BCUT2D eigenvalue weighted by Gasteiger charge is -2.42. The maximum atomic E-state index is 13.2. The zero-order valence-corrected chi connectivity index (χ0v) is 26.9. The Bertz CT molecular complexity index is 1500. The molecule has 0 spiro atoms. The number of carbonyl (C=O) groups is 1. The van der Waals surface area contributed by atoms with E-state index in [1.807, 2.05) is 48.9 Å². The Kier molecular flexibility index (Phi) is 7.87. The van der Waals surface area contributed by atoms with Crippen LogP contribution in [0.25, 0.3) is 11.4 Å². The van der Waals surface area contributed by atoms with Crippen molar-refractivity contribution in [2.45, 2.75) is 77.0 Å². The van der Waals surface area contributed by atoms with Crippen LogP contribution in [-0.4, -0.2) is 98.5 Å². The Morgan fingerprint density at radius 1 is 1.04 bits per heavy atom. The summed E-state index contributed by atoms with van der Waals surface area (Å²) < 4.78 is 13.4. The number of carbonyl (C=O) groups excluding carboxylic acids is 1. The monoisotopic (exact) mass is 615 g/mol. The molecule has 1 saturated carbocycles. The van der Waals surface area contributed by atoms with Gasteiger partial charge in [0.15, 0.2) is 5.54 Å². The van der Waals surface area contributed by atoms with Crippen molar-refractivity contribution >= 4 is 17.6 Å². The van der Waals surface area contributed by atoms with E-state index in [1.54, 1.807) is 6.20 Å². The number of ether oxygens (including phenoxy) is 2. The highest BCUT2D eigenvalue weighted by molar-refractivity contribution is 5.69. The highest BCUT2D eigenvalue weighted by Gasteiger charge is 2.45. The van der Waals surface area contributed by atoms with Crippen LogP contribution in [0.2, 0.25) is 0 Å². The van der Waals surface area contributed by atoms with Crippen molar-refractivity contribution in [2.24, 2.45) is 11.8 Å². The minimum atomic E-state index is -0.526. The van der Waals surface area contributed by atoms with Gasteiger partial charge >= 0.3 is 6.09 Å². The molecule has 2 atom stereocenters. The van der Waals surface area contributed by atoms with Crippen LogP contribution in [-0.2, 0) is 15.0 Å². The van der Waals surface area contributed by atoms with E-state index in [2.05, 4.69) is 44.2 Å². The van der Waals surface area contributed by atoms with E-state index in [1.165, 1.54) is 19.3 Å². The molecular weight excluding hydrogens is 570 g/mol. The van der Waals surface area contributed by atoms with E-state index in [4.69, 9.17) is 19.4 Å². The van der Waals surface area contributed by atoms with Crippen molar-refractivity contribution in [1.82, 2.24) is 34.8 Å². The minimum absolute atomic E-state index is 0.115. The molecule has 3 aromatic rings. The van der Waals surface area contributed by atoms with Crippen molar-refractivity contribution in [3.63, 3.8) is 0 Å². The summed E-state index contributed by atoms with van der Waals surface area (Å²) in [4.78, 5) is 34.1. The van der Waals surface area contributed by atoms with Crippen LogP contribution in [0, 0.1) is 11.8 Å². The molecule has 12 nitrogen and oxygen atoms in total. The Morgan fingerprint density at radius 2 is 1.89 bits per heavy atom. The number of anilines is 2. The van der Waals surface area contributed by atoms with Crippen LogP contribution in [0.1, 0.15) is 65.5 Å². The van der Waals surface area contributed by atoms with Gasteiger partial charge in [0.2, 0.25) is 0 Å². The summed E-state index contributed by atoms with van der Waals surface area (Å²) in [5.74, 6) is 2.13. The Hall–Kier alpha value is -3.80. The first-order valence-electron chi connectivity index (χ1n) is 16.5. The van der Waals surface area contributed by atoms with E-state index in [0.717, 1.165) is 62.8 Å². The first kappa shape index (κ1) is 29.9. The van der Waals surface area contributed by atoms with Crippen molar-refractivity contribution in [1.29, 1.82) is 0 Å². The van der Waals surface area contributed by atoms with Crippen molar-refractivity contribution < 1.29 is 14.3 Å². The summed E-state index contributed by atoms with van der Waals surface area (Å²) in [6, 6.07) is 4.32. The van der Waals surface area contributed by atoms with Gasteiger partial charge in [0.1, 0.15) is 22.8 Å². The third kappa shape index (κ3) is 6.34. The van der Waals surface area contributed by atoms with Gasteiger partial charge in [-0.25, -0.2) is 14.5 Å². The number of amides is 1. The quantitative estimate of drug-likeness (QED) is 0.362. The SMILES string of the molecule is C[C@@H]1CCN(c2cncc(-c3cn(C4(c5ccc(N6CCC[C@@H](N(CC7CC7)C(=O)OC(C)(C)C)C6)cn5)COC4)nn3)n2)C1. The Labute approximate surface area is 265 Å². The van der Waals surface area contributed by atoms with Crippen LogP contribution < -0.4 is 9.80 Å². The lowest BCUT2D eigenvalue weighted by Crippen LogP contribution is -2.53.